The van der Waals surface area contributed by atoms with E-state index in [1.807, 2.05) is 0 Å². The molecule has 1 aromatic carbocycles. The fraction of sp³-hybridized carbons (Fsp3) is 0.214. The third-order valence-corrected chi connectivity index (χ3v) is 3.33. The molecule has 0 bridgehead atoms. The van der Waals surface area contributed by atoms with E-state index in [0.717, 1.165) is 0 Å². The van der Waals surface area contributed by atoms with Crippen LogP contribution in [0.25, 0.3) is 0 Å². The van der Waals surface area contributed by atoms with Gasteiger partial charge in [-0.2, -0.15) is 0 Å². The van der Waals surface area contributed by atoms with Crippen LogP contribution in [0, 0.1) is 0 Å². The van der Waals surface area contributed by atoms with Gasteiger partial charge in [-0.3, -0.25) is 9.59 Å². The van der Waals surface area contributed by atoms with Crippen molar-refractivity contribution in [1.29, 1.82) is 0 Å². The molecule has 1 heterocycles. The fourth-order valence-electron chi connectivity index (χ4n) is 2.45. The lowest BCUT2D eigenvalue weighted by Crippen LogP contribution is -2.44. The zero-order valence-corrected chi connectivity index (χ0v) is 9.73. The molecule has 0 saturated heterocycles. The van der Waals surface area contributed by atoms with Gasteiger partial charge in [0.1, 0.15) is 0 Å². The highest BCUT2D eigenvalue weighted by atomic mass is 16.6. The number of rotatable bonds is 0. The van der Waals surface area contributed by atoms with Crippen LogP contribution in [0.1, 0.15) is 34.1 Å². The van der Waals surface area contributed by atoms with Crippen molar-refractivity contribution < 1.29 is 19.1 Å². The van der Waals surface area contributed by atoms with Gasteiger partial charge >= 0.3 is 5.97 Å². The average Bonchev–Trinajstić information content (AvgIpc) is 2.63. The van der Waals surface area contributed by atoms with E-state index < -0.39 is 11.6 Å². The molecule has 0 unspecified atom stereocenters. The Hall–Kier alpha value is -2.23. The molecule has 3 rings (SSSR count). The van der Waals surface area contributed by atoms with Gasteiger partial charge in [0.25, 0.3) is 0 Å². The van der Waals surface area contributed by atoms with E-state index in [0.29, 0.717) is 16.7 Å². The summed E-state index contributed by atoms with van der Waals surface area (Å²) in [5.41, 5.74) is -0.308. The first-order chi connectivity index (χ1) is 8.53. The Morgan fingerprint density at radius 3 is 2.39 bits per heavy atom. The highest BCUT2D eigenvalue weighted by molar-refractivity contribution is 6.20. The van der Waals surface area contributed by atoms with Gasteiger partial charge in [-0.05, 0) is 13.0 Å². The lowest BCUT2D eigenvalue weighted by molar-refractivity contribution is -0.143. The number of hydrogen-bond acceptors (Lipinski definition) is 4. The van der Waals surface area contributed by atoms with E-state index in [-0.39, 0.29) is 18.0 Å². The highest BCUT2D eigenvalue weighted by Crippen LogP contribution is 2.37. The number of Topliss-reactive ketones (excluding diaryl/α,β-unsaturated/α-hetero) is 2. The molecule has 1 aliphatic carbocycles. The molecular weight excluding hydrogens is 232 g/mol. The molecule has 0 N–H and O–H groups in total. The van der Waals surface area contributed by atoms with Gasteiger partial charge in [-0.15, -0.1) is 0 Å². The van der Waals surface area contributed by atoms with Crippen molar-refractivity contribution in [2.24, 2.45) is 0 Å². The summed E-state index contributed by atoms with van der Waals surface area (Å²) in [5, 5.41) is 0. The molecule has 4 nitrogen and oxygen atoms in total. The zero-order chi connectivity index (χ0) is 12.9. The molecule has 4 heteroatoms. The molecular formula is C14H10O4. The topological polar surface area (TPSA) is 60.4 Å². The van der Waals surface area contributed by atoms with E-state index in [4.69, 9.17) is 4.74 Å². The number of esters is 1. The lowest BCUT2D eigenvalue weighted by Gasteiger charge is -2.29. The van der Waals surface area contributed by atoms with E-state index in [2.05, 4.69) is 0 Å². The number of benzene rings is 1. The van der Waals surface area contributed by atoms with Crippen molar-refractivity contribution >= 4 is 17.5 Å². The van der Waals surface area contributed by atoms with Gasteiger partial charge in [-0.1, -0.05) is 24.3 Å². The summed E-state index contributed by atoms with van der Waals surface area (Å²) in [5.74, 6) is -1.03. The molecule has 0 saturated carbocycles. The Labute approximate surface area is 103 Å². The summed E-state index contributed by atoms with van der Waals surface area (Å²) in [6, 6.07) is 6.61. The second kappa shape index (κ2) is 3.38. The number of ether oxygens (including phenoxy) is 1. The van der Waals surface area contributed by atoms with Crippen molar-refractivity contribution in [1.82, 2.24) is 0 Å². The van der Waals surface area contributed by atoms with Crippen LogP contribution >= 0.6 is 0 Å². The minimum absolute atomic E-state index is 0.105. The van der Waals surface area contributed by atoms with Crippen LogP contribution in [0.4, 0.5) is 0 Å². The number of carbonyl (C=O) groups is 3. The molecule has 1 aliphatic heterocycles. The number of carbonyl (C=O) groups excluding carboxylic acids is 3. The smallest absolute Gasteiger partial charge is 0.334 e. The molecule has 0 aromatic heterocycles. The van der Waals surface area contributed by atoms with Crippen molar-refractivity contribution in [2.75, 3.05) is 0 Å². The first-order valence-electron chi connectivity index (χ1n) is 5.63. The molecule has 1 atom stereocenters. The van der Waals surface area contributed by atoms with Crippen LogP contribution in [0.5, 0.6) is 0 Å². The molecule has 90 valence electrons. The van der Waals surface area contributed by atoms with E-state index in [9.17, 15) is 14.4 Å². The summed E-state index contributed by atoms with van der Waals surface area (Å²) in [7, 11) is 0. The van der Waals surface area contributed by atoms with E-state index >= 15 is 0 Å². The Bertz CT molecular complexity index is 626. The van der Waals surface area contributed by atoms with Crippen LogP contribution in [0.15, 0.2) is 35.9 Å². The molecule has 1 aromatic rings. The molecule has 0 amide bonds. The summed E-state index contributed by atoms with van der Waals surface area (Å²) >= 11 is 0. The zero-order valence-electron chi connectivity index (χ0n) is 9.73. The van der Waals surface area contributed by atoms with Gasteiger partial charge in [0, 0.05) is 16.7 Å². The van der Waals surface area contributed by atoms with Crippen molar-refractivity contribution in [3.63, 3.8) is 0 Å². The lowest BCUT2D eigenvalue weighted by atomic mass is 9.78. The number of ketones is 2. The third kappa shape index (κ3) is 1.29. The van der Waals surface area contributed by atoms with E-state index in [1.165, 1.54) is 6.08 Å². The van der Waals surface area contributed by atoms with Crippen LogP contribution in [0.3, 0.4) is 0 Å². The maximum Gasteiger partial charge on any atom is 0.334 e. The van der Waals surface area contributed by atoms with Gasteiger partial charge in [0.05, 0.1) is 6.42 Å². The van der Waals surface area contributed by atoms with Gasteiger partial charge in [0.15, 0.2) is 5.78 Å². The predicted octanol–water partition coefficient (Wildman–Crippen LogP) is 1.70. The third-order valence-electron chi connectivity index (χ3n) is 3.33. The minimum Gasteiger partial charge on any atom is -0.442 e. The predicted molar refractivity (Wildman–Crippen MR) is 62.3 cm³/mol. The monoisotopic (exact) mass is 242 g/mol. The Kier molecular flexibility index (Phi) is 2.05. The molecule has 2 aliphatic rings. The first kappa shape index (κ1) is 10.9. The largest absolute Gasteiger partial charge is 0.442 e. The summed E-state index contributed by atoms with van der Waals surface area (Å²) < 4.78 is 5.14. The van der Waals surface area contributed by atoms with Crippen LogP contribution in [-0.2, 0) is 9.53 Å². The molecule has 1 spiro atoms. The maximum atomic E-state index is 12.4. The van der Waals surface area contributed by atoms with E-state index in [1.54, 1.807) is 31.2 Å². The summed E-state index contributed by atoms with van der Waals surface area (Å²) in [6.07, 6.45) is 1.36. The van der Waals surface area contributed by atoms with Gasteiger partial charge in [0.2, 0.25) is 11.4 Å². The Morgan fingerprint density at radius 1 is 1.11 bits per heavy atom. The standard InChI is InChI=1S/C14H10O4/c1-8-6-14(18-13(8)17)7-11(15)9-4-2-3-5-10(9)12(14)16/h2-6H,7H2,1H3/t14-/m0/s1. The highest BCUT2D eigenvalue weighted by Gasteiger charge is 2.51. The average molecular weight is 242 g/mol. The number of fused-ring (bicyclic) bond motifs is 1. The summed E-state index contributed by atoms with van der Waals surface area (Å²) in [6.45, 7) is 1.58. The summed E-state index contributed by atoms with van der Waals surface area (Å²) in [4.78, 5) is 35.9. The quantitative estimate of drug-likeness (QED) is 0.649. The van der Waals surface area contributed by atoms with Gasteiger partial charge in [-0.25, -0.2) is 4.79 Å². The molecule has 0 radical (unpaired) electrons. The second-order valence-corrected chi connectivity index (χ2v) is 4.58. The fourth-order valence-corrected chi connectivity index (χ4v) is 2.45. The maximum absolute atomic E-state index is 12.4. The SMILES string of the molecule is CC1=C[C@@]2(CC(=O)c3ccccc3C2=O)OC1=O. The van der Waals surface area contributed by atoms with Crippen molar-refractivity contribution in [3.05, 3.63) is 47.0 Å². The second-order valence-electron chi connectivity index (χ2n) is 4.58. The van der Waals surface area contributed by atoms with Crippen molar-refractivity contribution in [3.8, 4) is 0 Å². The number of hydrogen-bond donors (Lipinski definition) is 0. The van der Waals surface area contributed by atoms with Crippen molar-refractivity contribution in [2.45, 2.75) is 18.9 Å². The van der Waals surface area contributed by atoms with Crippen LogP contribution in [0.2, 0.25) is 0 Å². The Morgan fingerprint density at radius 2 is 1.78 bits per heavy atom. The Balaban J connectivity index is 2.17. The minimum atomic E-state index is -1.41. The normalized spacial score (nSPS) is 26.1. The molecule has 0 fully saturated rings. The first-order valence-corrected chi connectivity index (χ1v) is 5.63. The van der Waals surface area contributed by atoms with Crippen LogP contribution in [-0.4, -0.2) is 23.1 Å². The molecule has 18 heavy (non-hydrogen) atoms. The van der Waals surface area contributed by atoms with Gasteiger partial charge < -0.3 is 4.74 Å². The van der Waals surface area contributed by atoms with Crippen LogP contribution < -0.4 is 0 Å².